The van der Waals surface area contributed by atoms with E-state index < -0.39 is 124 Å². The minimum Gasteiger partial charge on any atom is -0.394 e. The molecule has 0 aromatic heterocycles. The molecule has 0 aromatic carbocycles. The molecule has 492 valence electrons. The Morgan fingerprint density at radius 3 is 1.30 bits per heavy atom. The highest BCUT2D eigenvalue weighted by Crippen LogP contribution is 2.33. The fourth-order valence-corrected chi connectivity index (χ4v) is 10.1. The normalized spacial score (nSPS) is 29.5. The first-order valence-electron chi connectivity index (χ1n) is 32.1. The number of aliphatic hydroxyl groups excluding tert-OH is 11. The molecule has 3 aliphatic rings. The molecule has 19 heteroatoms. The maximum Gasteiger partial charge on any atom is 0.220 e. The summed E-state index contributed by atoms with van der Waals surface area (Å²) >= 11 is 0. The first kappa shape index (κ1) is 76.7. The molecule has 12 N–H and O–H groups in total. The van der Waals surface area contributed by atoms with Gasteiger partial charge in [-0.2, -0.15) is 0 Å². The lowest BCUT2D eigenvalue weighted by molar-refractivity contribution is -0.379. The van der Waals surface area contributed by atoms with Crippen LogP contribution in [0.2, 0.25) is 0 Å². The van der Waals surface area contributed by atoms with Crippen molar-refractivity contribution >= 4 is 5.91 Å². The molecule has 3 fully saturated rings. The molecule has 0 radical (unpaired) electrons. The lowest BCUT2D eigenvalue weighted by Crippen LogP contribution is -2.66. The zero-order valence-electron chi connectivity index (χ0n) is 51.5. The molecule has 3 heterocycles. The molecule has 3 rings (SSSR count). The third-order valence-electron chi connectivity index (χ3n) is 15.3. The van der Waals surface area contributed by atoms with E-state index in [1.165, 1.54) is 44.9 Å². The molecular formula is C67H111NO18. The van der Waals surface area contributed by atoms with Crippen LogP contribution in [0.15, 0.2) is 109 Å². The second-order valence-corrected chi connectivity index (χ2v) is 22.5. The Hall–Kier alpha value is -3.55. The van der Waals surface area contributed by atoms with Crippen molar-refractivity contribution in [3.05, 3.63) is 109 Å². The summed E-state index contributed by atoms with van der Waals surface area (Å²) < 4.78 is 34.2. The molecular weight excluding hydrogens is 1110 g/mol. The molecule has 0 spiro atoms. The molecule has 0 saturated carbocycles. The van der Waals surface area contributed by atoms with Gasteiger partial charge in [-0.05, 0) is 89.9 Å². The van der Waals surface area contributed by atoms with Crippen molar-refractivity contribution in [2.24, 2.45) is 0 Å². The number of hydrogen-bond acceptors (Lipinski definition) is 18. The zero-order chi connectivity index (χ0) is 62.6. The van der Waals surface area contributed by atoms with Crippen LogP contribution in [0.4, 0.5) is 0 Å². The Balaban J connectivity index is 1.47. The molecule has 0 bridgehead atoms. The van der Waals surface area contributed by atoms with Crippen molar-refractivity contribution in [2.75, 3.05) is 26.4 Å². The summed E-state index contributed by atoms with van der Waals surface area (Å²) in [4.78, 5) is 13.4. The second-order valence-electron chi connectivity index (χ2n) is 22.5. The van der Waals surface area contributed by atoms with E-state index in [-0.39, 0.29) is 18.9 Å². The number of amides is 1. The van der Waals surface area contributed by atoms with Gasteiger partial charge in [-0.3, -0.25) is 4.79 Å². The number of aliphatic hydroxyl groups is 11. The van der Waals surface area contributed by atoms with Crippen LogP contribution in [0.25, 0.3) is 0 Å². The minimum absolute atomic E-state index is 0.205. The molecule has 1 amide bonds. The van der Waals surface area contributed by atoms with E-state index in [1.54, 1.807) is 6.08 Å². The van der Waals surface area contributed by atoms with Crippen LogP contribution in [0.5, 0.6) is 0 Å². The summed E-state index contributed by atoms with van der Waals surface area (Å²) in [6, 6.07) is -1.01. The van der Waals surface area contributed by atoms with E-state index >= 15 is 0 Å². The van der Waals surface area contributed by atoms with Gasteiger partial charge in [-0.25, -0.2) is 0 Å². The van der Waals surface area contributed by atoms with Crippen molar-refractivity contribution in [1.29, 1.82) is 0 Å². The molecule has 3 saturated heterocycles. The van der Waals surface area contributed by atoms with Gasteiger partial charge in [0.05, 0.1) is 38.6 Å². The predicted molar refractivity (Wildman–Crippen MR) is 332 cm³/mol. The summed E-state index contributed by atoms with van der Waals surface area (Å²) in [5.41, 5.74) is 0. The van der Waals surface area contributed by atoms with E-state index in [9.17, 15) is 61.0 Å². The average molecular weight is 1220 g/mol. The molecule has 0 aromatic rings. The number of allylic oxidation sites excluding steroid dienone is 17. The van der Waals surface area contributed by atoms with Gasteiger partial charge in [0.2, 0.25) is 5.91 Å². The van der Waals surface area contributed by atoms with Gasteiger partial charge in [0, 0.05) is 6.42 Å². The van der Waals surface area contributed by atoms with Gasteiger partial charge in [0.15, 0.2) is 18.9 Å². The number of carbonyl (C=O) groups excluding carboxylic acids is 1. The predicted octanol–water partition coefficient (Wildman–Crippen LogP) is 7.10. The number of hydrogen-bond donors (Lipinski definition) is 12. The molecule has 17 unspecified atom stereocenters. The molecule has 19 nitrogen and oxygen atoms in total. The monoisotopic (exact) mass is 1220 g/mol. The lowest BCUT2D eigenvalue weighted by atomic mass is 9.96. The molecule has 86 heavy (non-hydrogen) atoms. The highest BCUT2D eigenvalue weighted by atomic mass is 16.8. The Labute approximate surface area is 513 Å². The Kier molecular flexibility index (Phi) is 43.1. The summed E-state index contributed by atoms with van der Waals surface area (Å²) in [5, 5.41) is 120. The van der Waals surface area contributed by atoms with E-state index in [0.29, 0.717) is 12.8 Å². The van der Waals surface area contributed by atoms with Crippen LogP contribution in [0, 0.1) is 0 Å². The fourth-order valence-electron chi connectivity index (χ4n) is 10.1. The number of ether oxygens (including phenoxy) is 6. The van der Waals surface area contributed by atoms with Gasteiger partial charge in [0.25, 0.3) is 0 Å². The van der Waals surface area contributed by atoms with E-state index in [4.69, 9.17) is 28.4 Å². The largest absolute Gasteiger partial charge is 0.394 e. The maximum atomic E-state index is 13.4. The highest BCUT2D eigenvalue weighted by Gasteiger charge is 2.53. The van der Waals surface area contributed by atoms with Crippen molar-refractivity contribution in [3.8, 4) is 0 Å². The Morgan fingerprint density at radius 2 is 0.814 bits per heavy atom. The van der Waals surface area contributed by atoms with Crippen LogP contribution >= 0.6 is 0 Å². The van der Waals surface area contributed by atoms with Crippen molar-refractivity contribution < 1.29 is 89.4 Å². The van der Waals surface area contributed by atoms with Gasteiger partial charge in [0.1, 0.15) is 73.2 Å². The second kappa shape index (κ2) is 48.3. The first-order valence-corrected chi connectivity index (χ1v) is 32.1. The van der Waals surface area contributed by atoms with Crippen LogP contribution in [0.3, 0.4) is 0 Å². The molecule has 0 aliphatic carbocycles. The van der Waals surface area contributed by atoms with E-state index in [1.807, 2.05) is 6.08 Å². The summed E-state index contributed by atoms with van der Waals surface area (Å²) in [5.74, 6) is -0.311. The lowest BCUT2D eigenvalue weighted by Gasteiger charge is -2.48. The topological polar surface area (TPSA) is 307 Å². The average Bonchev–Trinajstić information content (AvgIpc) is 1.96. The Morgan fingerprint density at radius 1 is 0.430 bits per heavy atom. The van der Waals surface area contributed by atoms with E-state index in [0.717, 1.165) is 96.3 Å². The zero-order valence-corrected chi connectivity index (χ0v) is 51.5. The smallest absolute Gasteiger partial charge is 0.220 e. The maximum absolute atomic E-state index is 13.4. The van der Waals surface area contributed by atoms with Crippen molar-refractivity contribution in [2.45, 2.75) is 279 Å². The van der Waals surface area contributed by atoms with Gasteiger partial charge in [-0.15, -0.1) is 0 Å². The highest BCUT2D eigenvalue weighted by molar-refractivity contribution is 5.76. The summed E-state index contributed by atoms with van der Waals surface area (Å²) in [6.45, 7) is 1.54. The number of nitrogens with one attached hydrogen (secondary N) is 1. The summed E-state index contributed by atoms with van der Waals surface area (Å²) in [7, 11) is 0. The standard InChI is InChI=1S/C67H111NO18/c1-3-5-7-9-11-13-15-17-19-20-21-22-23-24-25-26-27-28-29-30-31-33-35-37-39-41-43-45-55(73)68-50(51(72)44-42-40-38-36-34-32-18-16-14-12-10-8-6-4-2)49-81-65-61(79)58(76)63(53(47-70)83-65)86-67-62(80)59(77)64(54(48-71)84-67)85-66-60(78)57(75)56(74)52(46-69)82-66/h5,7,11,13,17,19,21-22,24-25,27-28,30-31,34,36,42,44,50-54,56-67,69-72,74-80H,3-4,6,8-10,12,14-16,18,20,23,26,29,32-33,35,37-41,43,45-49H2,1-2H3,(H,68,73)/b7-5-,13-11-,19-17-,22-21-,25-24-,28-27-,31-30-,36-34+,44-42+. The van der Waals surface area contributed by atoms with Crippen LogP contribution in [0.1, 0.15) is 174 Å². The van der Waals surface area contributed by atoms with E-state index in [2.05, 4.69) is 116 Å². The molecule has 17 atom stereocenters. The van der Waals surface area contributed by atoms with Gasteiger partial charge < -0.3 is 89.9 Å². The van der Waals surface area contributed by atoms with Crippen LogP contribution in [-0.2, 0) is 33.2 Å². The number of rotatable bonds is 46. The van der Waals surface area contributed by atoms with Gasteiger partial charge in [-0.1, -0.05) is 187 Å². The quantitative estimate of drug-likeness (QED) is 0.0214. The Bertz CT molecular complexity index is 1990. The first-order chi connectivity index (χ1) is 41.8. The number of carbonyl (C=O) groups is 1. The van der Waals surface area contributed by atoms with Gasteiger partial charge >= 0.3 is 0 Å². The van der Waals surface area contributed by atoms with Crippen molar-refractivity contribution in [1.82, 2.24) is 5.32 Å². The molecule has 3 aliphatic heterocycles. The van der Waals surface area contributed by atoms with Crippen LogP contribution < -0.4 is 5.32 Å². The fraction of sp³-hybridized carbons (Fsp3) is 0.716. The SMILES string of the molecule is CC/C=C\C/C=C\C/C=C\C/C=C\C/C=C\C/C=C\C/C=C\CCCCCCCC(=O)NC(COC1OC(CO)C(OC2OC(CO)C(OC3OC(CO)C(O)C(O)C3O)C(O)C2O)C(O)C1O)C(O)/C=C/CC/C=C/CCCCCCCCCC. The third-order valence-corrected chi connectivity index (χ3v) is 15.3. The third kappa shape index (κ3) is 30.8. The summed E-state index contributed by atoms with van der Waals surface area (Å²) in [6.07, 6.45) is 36.3. The van der Waals surface area contributed by atoms with Crippen LogP contribution in [-0.4, -0.2) is 193 Å². The minimum atomic E-state index is -1.99. The number of unbranched alkanes of at least 4 members (excludes halogenated alkanes) is 14. The van der Waals surface area contributed by atoms with Crippen molar-refractivity contribution in [3.63, 3.8) is 0 Å².